The third kappa shape index (κ3) is 3.68. The lowest BCUT2D eigenvalue weighted by Crippen LogP contribution is -2.21. The Morgan fingerprint density at radius 1 is 1.58 bits per heavy atom. The number of rotatable bonds is 3. The molecule has 2 aromatic heterocycles. The van der Waals surface area contributed by atoms with Gasteiger partial charge in [0, 0.05) is 21.9 Å². The Morgan fingerprint density at radius 2 is 2.42 bits per heavy atom. The number of aliphatic hydroxyl groups excluding tert-OH is 1. The molecule has 0 aliphatic heterocycles. The molecule has 98 valence electrons. The average molecular weight is 276 g/mol. The van der Waals surface area contributed by atoms with E-state index in [1.54, 1.807) is 13.0 Å². The van der Waals surface area contributed by atoms with Gasteiger partial charge in [0.05, 0.1) is 12.2 Å². The van der Waals surface area contributed by atoms with Gasteiger partial charge in [0.15, 0.2) is 0 Å². The number of aliphatic hydroxyl groups is 1. The highest BCUT2D eigenvalue weighted by molar-refractivity contribution is 7.10. The molecule has 0 aliphatic carbocycles. The number of nitrogens with one attached hydrogen (secondary N) is 1. The molecule has 0 atom stereocenters. The Bertz CT molecular complexity index is 634. The van der Waals surface area contributed by atoms with Crippen LogP contribution in [0.2, 0.25) is 0 Å². The van der Waals surface area contributed by atoms with Gasteiger partial charge in [-0.2, -0.15) is 0 Å². The Balaban J connectivity index is 1.92. The molecule has 5 nitrogen and oxygen atoms in total. The van der Waals surface area contributed by atoms with Crippen molar-refractivity contribution in [3.8, 4) is 11.8 Å². The summed E-state index contributed by atoms with van der Waals surface area (Å²) in [5, 5.41) is 16.9. The normalized spacial score (nSPS) is 9.79. The van der Waals surface area contributed by atoms with Crippen LogP contribution in [-0.2, 0) is 6.54 Å². The highest BCUT2D eigenvalue weighted by Crippen LogP contribution is 2.13. The van der Waals surface area contributed by atoms with Gasteiger partial charge in [-0.25, -0.2) is 0 Å². The third-order valence-corrected chi connectivity index (χ3v) is 3.18. The van der Waals surface area contributed by atoms with Crippen LogP contribution in [0, 0.1) is 18.8 Å². The van der Waals surface area contributed by atoms with Crippen LogP contribution in [0.4, 0.5) is 0 Å². The van der Waals surface area contributed by atoms with Gasteiger partial charge in [0.25, 0.3) is 5.91 Å². The minimum absolute atomic E-state index is 0.160. The Morgan fingerprint density at radius 3 is 3.11 bits per heavy atom. The molecule has 0 saturated heterocycles. The molecule has 6 heteroatoms. The van der Waals surface area contributed by atoms with Crippen LogP contribution in [0.5, 0.6) is 0 Å². The van der Waals surface area contributed by atoms with Crippen LogP contribution in [0.25, 0.3) is 0 Å². The van der Waals surface area contributed by atoms with Gasteiger partial charge in [0.1, 0.15) is 6.61 Å². The average Bonchev–Trinajstić information content (AvgIpc) is 3.02. The second-order valence-electron chi connectivity index (χ2n) is 3.78. The molecule has 19 heavy (non-hydrogen) atoms. The fourth-order valence-corrected chi connectivity index (χ4v) is 2.16. The first-order valence-corrected chi connectivity index (χ1v) is 6.45. The minimum Gasteiger partial charge on any atom is -0.384 e. The van der Waals surface area contributed by atoms with Gasteiger partial charge in [-0.05, 0) is 13.0 Å². The lowest BCUT2D eigenvalue weighted by atomic mass is 10.3. The van der Waals surface area contributed by atoms with Crippen molar-refractivity contribution in [1.29, 1.82) is 0 Å². The summed E-state index contributed by atoms with van der Waals surface area (Å²) in [6, 6.07) is 3.46. The standard InChI is InChI=1S/C13H12N2O3S/c1-9-5-12(18-15-9)13(17)14-7-11-6-10(8-19-11)3-2-4-16/h5-6,8,16H,4,7H2,1H3,(H,14,17). The van der Waals surface area contributed by atoms with Gasteiger partial charge >= 0.3 is 0 Å². The summed E-state index contributed by atoms with van der Waals surface area (Å²) < 4.78 is 4.86. The predicted octanol–water partition coefficient (Wildman–Crippen LogP) is 1.32. The van der Waals surface area contributed by atoms with Gasteiger partial charge < -0.3 is 14.9 Å². The minimum atomic E-state index is -0.294. The lowest BCUT2D eigenvalue weighted by molar-refractivity contribution is 0.0914. The van der Waals surface area contributed by atoms with Crippen LogP contribution >= 0.6 is 11.3 Å². The Labute approximate surface area is 114 Å². The first-order valence-electron chi connectivity index (χ1n) is 5.57. The summed E-state index contributed by atoms with van der Waals surface area (Å²) in [4.78, 5) is 12.7. The fraction of sp³-hybridized carbons (Fsp3) is 0.231. The summed E-state index contributed by atoms with van der Waals surface area (Å²) in [5.74, 6) is 5.29. The number of nitrogens with zero attached hydrogens (tertiary/aromatic N) is 1. The zero-order valence-electron chi connectivity index (χ0n) is 10.3. The van der Waals surface area contributed by atoms with Gasteiger partial charge in [-0.15, -0.1) is 11.3 Å². The van der Waals surface area contributed by atoms with Crippen molar-refractivity contribution in [2.24, 2.45) is 0 Å². The molecule has 0 saturated carbocycles. The van der Waals surface area contributed by atoms with Crippen LogP contribution < -0.4 is 5.32 Å². The number of carbonyl (C=O) groups is 1. The van der Waals surface area contributed by atoms with Crippen LogP contribution in [-0.4, -0.2) is 22.8 Å². The second-order valence-corrected chi connectivity index (χ2v) is 4.77. The molecule has 0 radical (unpaired) electrons. The first kappa shape index (κ1) is 13.3. The fourth-order valence-electron chi connectivity index (χ4n) is 1.41. The van der Waals surface area contributed by atoms with Crippen molar-refractivity contribution in [1.82, 2.24) is 10.5 Å². The van der Waals surface area contributed by atoms with E-state index in [2.05, 4.69) is 22.3 Å². The van der Waals surface area contributed by atoms with Crippen LogP contribution in [0.15, 0.2) is 22.0 Å². The monoisotopic (exact) mass is 276 g/mol. The summed E-state index contributed by atoms with van der Waals surface area (Å²) in [6.07, 6.45) is 0. The highest BCUT2D eigenvalue weighted by Gasteiger charge is 2.11. The number of carbonyl (C=O) groups excluding carboxylic acids is 1. The van der Waals surface area contributed by atoms with Crippen molar-refractivity contribution >= 4 is 17.2 Å². The molecule has 0 fully saturated rings. The summed E-state index contributed by atoms with van der Waals surface area (Å²) in [6.45, 7) is 2.00. The van der Waals surface area contributed by atoms with E-state index in [9.17, 15) is 4.79 Å². The number of thiophene rings is 1. The molecule has 0 spiro atoms. The molecule has 2 rings (SSSR count). The van der Waals surface area contributed by atoms with E-state index in [1.165, 1.54) is 11.3 Å². The van der Waals surface area contributed by atoms with E-state index in [0.717, 1.165) is 10.4 Å². The largest absolute Gasteiger partial charge is 0.384 e. The lowest BCUT2D eigenvalue weighted by Gasteiger charge is -1.98. The predicted molar refractivity (Wildman–Crippen MR) is 70.7 cm³/mol. The number of hydrogen-bond acceptors (Lipinski definition) is 5. The van der Waals surface area contributed by atoms with Gasteiger partial charge in [-0.1, -0.05) is 17.0 Å². The number of hydrogen-bond donors (Lipinski definition) is 2. The zero-order valence-corrected chi connectivity index (χ0v) is 11.1. The highest BCUT2D eigenvalue weighted by atomic mass is 32.1. The van der Waals surface area contributed by atoms with Gasteiger partial charge in [0.2, 0.25) is 5.76 Å². The molecule has 0 aromatic carbocycles. The van der Waals surface area contributed by atoms with E-state index in [1.807, 2.05) is 11.4 Å². The number of aromatic nitrogens is 1. The molecule has 1 amide bonds. The SMILES string of the molecule is Cc1cc(C(=O)NCc2cc(C#CCO)cs2)on1. The van der Waals surface area contributed by atoms with Crippen LogP contribution in [0.3, 0.4) is 0 Å². The summed E-state index contributed by atoms with van der Waals surface area (Å²) in [7, 11) is 0. The van der Waals surface area contributed by atoms with E-state index in [0.29, 0.717) is 12.2 Å². The third-order valence-electron chi connectivity index (χ3n) is 2.24. The van der Waals surface area contributed by atoms with Crippen molar-refractivity contribution in [2.75, 3.05) is 6.61 Å². The van der Waals surface area contributed by atoms with E-state index in [-0.39, 0.29) is 18.3 Å². The molecule has 0 bridgehead atoms. The molecule has 0 unspecified atom stereocenters. The molecule has 2 aromatic rings. The molecular weight excluding hydrogens is 264 g/mol. The summed E-state index contributed by atoms with van der Waals surface area (Å²) in [5.41, 5.74) is 1.50. The molecule has 2 N–H and O–H groups in total. The quantitative estimate of drug-likeness (QED) is 0.829. The Hall–Kier alpha value is -2.10. The maximum atomic E-state index is 11.7. The van der Waals surface area contributed by atoms with Crippen molar-refractivity contribution in [3.05, 3.63) is 39.4 Å². The van der Waals surface area contributed by atoms with Crippen molar-refractivity contribution in [3.63, 3.8) is 0 Å². The van der Waals surface area contributed by atoms with Crippen molar-refractivity contribution < 1.29 is 14.4 Å². The Kier molecular flexibility index (Phi) is 4.34. The van der Waals surface area contributed by atoms with Crippen LogP contribution in [0.1, 0.15) is 26.7 Å². The molecule has 0 aliphatic rings. The van der Waals surface area contributed by atoms with Crippen molar-refractivity contribution in [2.45, 2.75) is 13.5 Å². The maximum Gasteiger partial charge on any atom is 0.290 e. The molecule has 2 heterocycles. The number of amides is 1. The number of aryl methyl sites for hydroxylation is 1. The first-order chi connectivity index (χ1) is 9.19. The van der Waals surface area contributed by atoms with E-state index < -0.39 is 0 Å². The van der Waals surface area contributed by atoms with Gasteiger partial charge in [-0.3, -0.25) is 4.79 Å². The molecular formula is C13H12N2O3S. The van der Waals surface area contributed by atoms with E-state index >= 15 is 0 Å². The second kappa shape index (κ2) is 6.18. The maximum absolute atomic E-state index is 11.7. The topological polar surface area (TPSA) is 75.4 Å². The van der Waals surface area contributed by atoms with E-state index in [4.69, 9.17) is 9.63 Å². The zero-order chi connectivity index (χ0) is 13.7. The summed E-state index contributed by atoms with van der Waals surface area (Å²) >= 11 is 1.50. The smallest absolute Gasteiger partial charge is 0.290 e.